The van der Waals surface area contributed by atoms with E-state index >= 15 is 0 Å². The number of aliphatic carboxylic acids is 1. The van der Waals surface area contributed by atoms with Gasteiger partial charge in [0.05, 0.1) is 17.2 Å². The maximum Gasteiger partial charge on any atom is 0.341 e. The summed E-state index contributed by atoms with van der Waals surface area (Å²) in [6.07, 6.45) is 1.73. The van der Waals surface area contributed by atoms with Gasteiger partial charge in [-0.25, -0.2) is 9.79 Å². The lowest BCUT2D eigenvalue weighted by Crippen LogP contribution is -2.19. The Balaban J connectivity index is 1.58. The molecule has 0 atom stereocenters. The fourth-order valence-corrected chi connectivity index (χ4v) is 4.02. The van der Waals surface area contributed by atoms with Crippen molar-refractivity contribution >= 4 is 51.3 Å². The number of aliphatic imine (C=N–C) groups is 1. The summed E-state index contributed by atoms with van der Waals surface area (Å²) >= 11 is 1.26. The van der Waals surface area contributed by atoms with Crippen LogP contribution in [0, 0.1) is 0 Å². The van der Waals surface area contributed by atoms with Gasteiger partial charge in [0.15, 0.2) is 23.3 Å². The number of nitrogens with one attached hydrogen (secondary N) is 1. The molecular formula is C24H20N2O5S. The van der Waals surface area contributed by atoms with Gasteiger partial charge >= 0.3 is 5.97 Å². The fraction of sp³-hybridized carbons (Fsp3) is 0.125. The summed E-state index contributed by atoms with van der Waals surface area (Å²) < 4.78 is 10.8. The number of hydrogen-bond donors (Lipinski definition) is 2. The van der Waals surface area contributed by atoms with Gasteiger partial charge in [0.1, 0.15) is 0 Å². The molecule has 1 heterocycles. The molecule has 162 valence electrons. The molecule has 1 amide bonds. The number of amidine groups is 1. The largest absolute Gasteiger partial charge is 0.490 e. The lowest BCUT2D eigenvalue weighted by Gasteiger charge is -2.11. The third-order valence-corrected chi connectivity index (χ3v) is 5.47. The van der Waals surface area contributed by atoms with Crippen LogP contribution in [0.4, 0.5) is 5.69 Å². The van der Waals surface area contributed by atoms with Gasteiger partial charge in [-0.3, -0.25) is 4.79 Å². The molecule has 0 spiro atoms. The minimum atomic E-state index is -1.07. The summed E-state index contributed by atoms with van der Waals surface area (Å²) in [5.74, 6) is -0.567. The third-order valence-electron chi connectivity index (χ3n) is 4.56. The monoisotopic (exact) mass is 448 g/mol. The van der Waals surface area contributed by atoms with Crippen LogP contribution in [0.15, 0.2) is 70.6 Å². The highest BCUT2D eigenvalue weighted by Crippen LogP contribution is 2.33. The number of amides is 1. The zero-order valence-corrected chi connectivity index (χ0v) is 18.0. The van der Waals surface area contributed by atoms with E-state index in [-0.39, 0.29) is 5.91 Å². The van der Waals surface area contributed by atoms with Crippen LogP contribution < -0.4 is 14.8 Å². The van der Waals surface area contributed by atoms with E-state index in [0.717, 1.165) is 22.0 Å². The van der Waals surface area contributed by atoms with Gasteiger partial charge in [0.2, 0.25) is 0 Å². The van der Waals surface area contributed by atoms with E-state index in [0.29, 0.717) is 28.2 Å². The van der Waals surface area contributed by atoms with Crippen LogP contribution in [0.5, 0.6) is 11.5 Å². The van der Waals surface area contributed by atoms with Crippen molar-refractivity contribution in [1.82, 2.24) is 5.32 Å². The highest BCUT2D eigenvalue weighted by atomic mass is 32.2. The summed E-state index contributed by atoms with van der Waals surface area (Å²) in [6.45, 7) is 1.75. The standard InChI is InChI=1S/C24H20N2O5S/c1-2-30-20-12-15(10-11-19(20)31-14-22(27)28)13-21-23(29)26-24(32-21)25-18-9-5-7-16-6-3-4-8-17(16)18/h3-13H,2,14H2,1H3,(H,27,28)(H,25,26,29)/b21-13+. The number of thioether (sulfide) groups is 1. The van der Waals surface area contributed by atoms with Crippen molar-refractivity contribution in [2.24, 2.45) is 4.99 Å². The molecular weight excluding hydrogens is 428 g/mol. The summed E-state index contributed by atoms with van der Waals surface area (Å²) in [7, 11) is 0. The van der Waals surface area contributed by atoms with Gasteiger partial charge < -0.3 is 19.9 Å². The SMILES string of the molecule is CCOc1cc(/C=C2/SC(=Nc3cccc4ccccc34)NC2=O)ccc1OCC(=O)O. The predicted molar refractivity (Wildman–Crippen MR) is 125 cm³/mol. The maximum atomic E-state index is 12.5. The Morgan fingerprint density at radius 3 is 2.72 bits per heavy atom. The molecule has 0 aliphatic carbocycles. The van der Waals surface area contributed by atoms with E-state index in [9.17, 15) is 9.59 Å². The van der Waals surface area contributed by atoms with E-state index in [1.165, 1.54) is 11.8 Å². The molecule has 4 rings (SSSR count). The van der Waals surface area contributed by atoms with E-state index in [2.05, 4.69) is 10.3 Å². The molecule has 0 bridgehead atoms. The lowest BCUT2D eigenvalue weighted by molar-refractivity contribution is -0.139. The molecule has 2 N–H and O–H groups in total. The number of hydrogen-bond acceptors (Lipinski definition) is 6. The average Bonchev–Trinajstić information content (AvgIpc) is 3.12. The molecule has 1 fully saturated rings. The average molecular weight is 449 g/mol. The summed E-state index contributed by atoms with van der Waals surface area (Å²) in [5, 5.41) is 14.2. The first-order chi connectivity index (χ1) is 15.5. The lowest BCUT2D eigenvalue weighted by atomic mass is 10.1. The van der Waals surface area contributed by atoms with E-state index < -0.39 is 12.6 Å². The van der Waals surface area contributed by atoms with Crippen molar-refractivity contribution in [2.45, 2.75) is 6.92 Å². The molecule has 0 saturated carbocycles. The molecule has 3 aromatic carbocycles. The summed E-state index contributed by atoms with van der Waals surface area (Å²) in [6, 6.07) is 18.9. The van der Waals surface area contributed by atoms with Gasteiger partial charge in [-0.05, 0) is 53.9 Å². The Labute approximate surface area is 188 Å². The van der Waals surface area contributed by atoms with Crippen molar-refractivity contribution in [3.8, 4) is 11.5 Å². The Bertz CT molecular complexity index is 1250. The van der Waals surface area contributed by atoms with Crippen molar-refractivity contribution in [3.63, 3.8) is 0 Å². The molecule has 3 aromatic rings. The van der Waals surface area contributed by atoms with Gasteiger partial charge in [-0.15, -0.1) is 0 Å². The minimum absolute atomic E-state index is 0.238. The van der Waals surface area contributed by atoms with E-state index in [1.807, 2.05) is 49.4 Å². The molecule has 1 saturated heterocycles. The number of carbonyl (C=O) groups is 2. The number of carbonyl (C=O) groups excluding carboxylic acids is 1. The third kappa shape index (κ3) is 4.92. The maximum absolute atomic E-state index is 12.5. The van der Waals surface area contributed by atoms with Crippen LogP contribution in [0.25, 0.3) is 16.8 Å². The second-order valence-electron chi connectivity index (χ2n) is 6.80. The number of ether oxygens (including phenoxy) is 2. The van der Waals surface area contributed by atoms with Crippen LogP contribution in [0.1, 0.15) is 12.5 Å². The number of carboxylic acids is 1. The van der Waals surface area contributed by atoms with Crippen LogP contribution in [0.3, 0.4) is 0 Å². The highest BCUT2D eigenvalue weighted by molar-refractivity contribution is 8.18. The summed E-state index contributed by atoms with van der Waals surface area (Å²) in [5.41, 5.74) is 1.51. The Hall–Kier alpha value is -3.78. The molecule has 0 aromatic heterocycles. The molecule has 7 nitrogen and oxygen atoms in total. The van der Waals surface area contributed by atoms with Gasteiger partial charge in [-0.1, -0.05) is 42.5 Å². The zero-order chi connectivity index (χ0) is 22.5. The molecule has 8 heteroatoms. The van der Waals surface area contributed by atoms with Gasteiger partial charge in [0.25, 0.3) is 5.91 Å². The first kappa shape index (κ1) is 21.5. The van der Waals surface area contributed by atoms with Crippen LogP contribution in [-0.2, 0) is 9.59 Å². The van der Waals surface area contributed by atoms with Gasteiger partial charge in [0, 0.05) is 5.39 Å². The number of rotatable bonds is 7. The first-order valence-corrected chi connectivity index (χ1v) is 10.7. The number of carboxylic acid groups (broad SMARTS) is 1. The van der Waals surface area contributed by atoms with Crippen molar-refractivity contribution in [1.29, 1.82) is 0 Å². The fourth-order valence-electron chi connectivity index (χ4n) is 3.19. The molecule has 0 unspecified atom stereocenters. The number of nitrogens with zero attached hydrogens (tertiary/aromatic N) is 1. The number of fused-ring (bicyclic) bond motifs is 1. The topological polar surface area (TPSA) is 97.2 Å². The van der Waals surface area contributed by atoms with Crippen LogP contribution in [-0.4, -0.2) is 35.4 Å². The van der Waals surface area contributed by atoms with Crippen molar-refractivity contribution in [3.05, 3.63) is 71.1 Å². The highest BCUT2D eigenvalue weighted by Gasteiger charge is 2.24. The molecule has 0 radical (unpaired) electrons. The van der Waals surface area contributed by atoms with Crippen molar-refractivity contribution < 1.29 is 24.2 Å². The van der Waals surface area contributed by atoms with Crippen LogP contribution in [0.2, 0.25) is 0 Å². The number of benzene rings is 3. The summed E-state index contributed by atoms with van der Waals surface area (Å²) in [4.78, 5) is 28.4. The Morgan fingerprint density at radius 1 is 1.09 bits per heavy atom. The van der Waals surface area contributed by atoms with Crippen molar-refractivity contribution in [2.75, 3.05) is 13.2 Å². The van der Waals surface area contributed by atoms with E-state index in [4.69, 9.17) is 14.6 Å². The Morgan fingerprint density at radius 2 is 1.91 bits per heavy atom. The smallest absolute Gasteiger partial charge is 0.341 e. The molecule has 1 aliphatic rings. The quantitative estimate of drug-likeness (QED) is 0.513. The molecule has 1 aliphatic heterocycles. The molecule has 32 heavy (non-hydrogen) atoms. The minimum Gasteiger partial charge on any atom is -0.490 e. The normalized spacial score (nSPS) is 15.8. The van der Waals surface area contributed by atoms with Crippen LogP contribution >= 0.6 is 11.8 Å². The second-order valence-corrected chi connectivity index (χ2v) is 7.83. The first-order valence-electron chi connectivity index (χ1n) is 9.92. The van der Waals surface area contributed by atoms with E-state index in [1.54, 1.807) is 24.3 Å². The second kappa shape index (κ2) is 9.57. The Kier molecular flexibility index (Phi) is 6.42. The zero-order valence-electron chi connectivity index (χ0n) is 17.2. The predicted octanol–water partition coefficient (Wildman–Crippen LogP) is 4.59. The van der Waals surface area contributed by atoms with Gasteiger partial charge in [-0.2, -0.15) is 0 Å².